The van der Waals surface area contributed by atoms with Gasteiger partial charge in [-0.15, -0.1) is 0 Å². The zero-order chi connectivity index (χ0) is 19.0. The largest absolute Gasteiger partial charge is 0.324 e. The van der Waals surface area contributed by atoms with Gasteiger partial charge >= 0.3 is 0 Å². The van der Waals surface area contributed by atoms with Crippen LogP contribution in [0, 0.1) is 5.92 Å². The third kappa shape index (κ3) is 3.60. The number of amides is 1. The third-order valence-electron chi connectivity index (χ3n) is 4.88. The minimum absolute atomic E-state index is 0.0545. The number of fused-ring (bicyclic) bond motifs is 1. The van der Waals surface area contributed by atoms with E-state index < -0.39 is 9.84 Å². The van der Waals surface area contributed by atoms with Crippen molar-refractivity contribution in [1.82, 2.24) is 9.97 Å². The van der Waals surface area contributed by atoms with Crippen LogP contribution >= 0.6 is 0 Å². The van der Waals surface area contributed by atoms with E-state index >= 15 is 0 Å². The van der Waals surface area contributed by atoms with Crippen molar-refractivity contribution < 1.29 is 13.2 Å². The molecule has 1 aliphatic carbocycles. The second-order valence-electron chi connectivity index (χ2n) is 6.93. The van der Waals surface area contributed by atoms with Gasteiger partial charge in [0.2, 0.25) is 11.9 Å². The molecule has 1 heterocycles. The highest BCUT2D eigenvalue weighted by molar-refractivity contribution is 7.91. The lowest BCUT2D eigenvalue weighted by Gasteiger charge is -2.01. The van der Waals surface area contributed by atoms with Gasteiger partial charge in [-0.05, 0) is 42.5 Å². The van der Waals surface area contributed by atoms with Gasteiger partial charge in [0, 0.05) is 5.92 Å². The van der Waals surface area contributed by atoms with Crippen LogP contribution in [0.5, 0.6) is 0 Å². The highest BCUT2D eigenvalue weighted by Crippen LogP contribution is 2.47. The molecule has 6 nitrogen and oxygen atoms in total. The SMILES string of the molecule is CCCS(=O)(=O)c1ccc2[nH]c(NC(=O)C3CC3c3ccccc3)nc2c1. The first-order valence-corrected chi connectivity index (χ1v) is 10.7. The molecule has 0 aliphatic heterocycles. The number of rotatable bonds is 6. The summed E-state index contributed by atoms with van der Waals surface area (Å²) in [6.45, 7) is 1.83. The van der Waals surface area contributed by atoms with Gasteiger partial charge in [0.25, 0.3) is 0 Å². The molecule has 0 spiro atoms. The highest BCUT2D eigenvalue weighted by Gasteiger charge is 2.44. The predicted molar refractivity (Wildman–Crippen MR) is 104 cm³/mol. The second kappa shape index (κ2) is 6.81. The summed E-state index contributed by atoms with van der Waals surface area (Å²) >= 11 is 0. The molecule has 1 aliphatic rings. The van der Waals surface area contributed by atoms with E-state index in [2.05, 4.69) is 15.3 Å². The van der Waals surface area contributed by atoms with Crippen LogP contribution in [0.3, 0.4) is 0 Å². The number of sulfone groups is 1. The Kier molecular flexibility index (Phi) is 4.47. The van der Waals surface area contributed by atoms with Gasteiger partial charge in [0.1, 0.15) is 0 Å². The van der Waals surface area contributed by atoms with Crippen molar-refractivity contribution in [2.45, 2.75) is 30.6 Å². The molecule has 0 saturated heterocycles. The number of carbonyl (C=O) groups is 1. The summed E-state index contributed by atoms with van der Waals surface area (Å²) in [4.78, 5) is 20.1. The molecule has 3 aromatic rings. The van der Waals surface area contributed by atoms with Crippen LogP contribution in [0.15, 0.2) is 53.4 Å². The number of anilines is 1. The van der Waals surface area contributed by atoms with Crippen molar-refractivity contribution >= 4 is 32.7 Å². The number of hydrogen-bond donors (Lipinski definition) is 2. The van der Waals surface area contributed by atoms with Crippen molar-refractivity contribution in [2.75, 3.05) is 11.1 Å². The Balaban J connectivity index is 1.49. The normalized spacial score (nSPS) is 19.1. The molecule has 1 amide bonds. The lowest BCUT2D eigenvalue weighted by Crippen LogP contribution is -2.15. The van der Waals surface area contributed by atoms with Crippen LogP contribution in [0.4, 0.5) is 5.95 Å². The van der Waals surface area contributed by atoms with E-state index in [1.54, 1.807) is 18.2 Å². The van der Waals surface area contributed by atoms with Crippen LogP contribution in [0.1, 0.15) is 31.2 Å². The Bertz CT molecular complexity index is 1090. The zero-order valence-electron chi connectivity index (χ0n) is 15.0. The Morgan fingerprint density at radius 2 is 2.00 bits per heavy atom. The summed E-state index contributed by atoms with van der Waals surface area (Å²) < 4.78 is 24.4. The maximum Gasteiger partial charge on any atom is 0.230 e. The molecule has 1 saturated carbocycles. The molecule has 2 N–H and O–H groups in total. The highest BCUT2D eigenvalue weighted by atomic mass is 32.2. The van der Waals surface area contributed by atoms with E-state index in [-0.39, 0.29) is 28.4 Å². The Hall–Kier alpha value is -2.67. The maximum absolute atomic E-state index is 12.5. The lowest BCUT2D eigenvalue weighted by atomic mass is 10.1. The molecule has 0 bridgehead atoms. The number of hydrogen-bond acceptors (Lipinski definition) is 4. The van der Waals surface area contributed by atoms with E-state index in [1.165, 1.54) is 5.56 Å². The van der Waals surface area contributed by atoms with Gasteiger partial charge in [-0.25, -0.2) is 13.4 Å². The van der Waals surface area contributed by atoms with Crippen molar-refractivity contribution in [1.29, 1.82) is 0 Å². The minimum Gasteiger partial charge on any atom is -0.324 e. The summed E-state index contributed by atoms with van der Waals surface area (Å²) in [6.07, 6.45) is 1.39. The van der Waals surface area contributed by atoms with Crippen molar-refractivity contribution in [3.05, 3.63) is 54.1 Å². The lowest BCUT2D eigenvalue weighted by molar-refractivity contribution is -0.117. The Morgan fingerprint density at radius 3 is 2.74 bits per heavy atom. The number of imidazole rings is 1. The van der Waals surface area contributed by atoms with E-state index in [4.69, 9.17) is 0 Å². The quantitative estimate of drug-likeness (QED) is 0.681. The number of aromatic nitrogens is 2. The Labute approximate surface area is 157 Å². The summed E-state index contributed by atoms with van der Waals surface area (Å²) in [5.74, 6) is 0.581. The first kappa shape index (κ1) is 17.7. The molecule has 2 unspecified atom stereocenters. The number of H-pyrrole nitrogens is 1. The van der Waals surface area contributed by atoms with E-state index in [0.29, 0.717) is 23.4 Å². The first-order chi connectivity index (χ1) is 13.0. The molecular weight excluding hydrogens is 362 g/mol. The molecule has 1 fully saturated rings. The smallest absolute Gasteiger partial charge is 0.230 e. The number of carbonyl (C=O) groups excluding carboxylic acids is 1. The summed E-state index contributed by atoms with van der Waals surface area (Å²) in [5.41, 5.74) is 2.39. The van der Waals surface area contributed by atoms with Crippen LogP contribution in [-0.4, -0.2) is 30.0 Å². The summed E-state index contributed by atoms with van der Waals surface area (Å²) in [6, 6.07) is 14.8. The molecule has 27 heavy (non-hydrogen) atoms. The minimum atomic E-state index is -3.30. The van der Waals surface area contributed by atoms with Gasteiger partial charge in [-0.3, -0.25) is 10.1 Å². The van der Waals surface area contributed by atoms with Crippen LogP contribution in [0.25, 0.3) is 11.0 Å². The van der Waals surface area contributed by atoms with E-state index in [0.717, 1.165) is 6.42 Å². The van der Waals surface area contributed by atoms with Crippen molar-refractivity contribution in [3.8, 4) is 0 Å². The fraction of sp³-hybridized carbons (Fsp3) is 0.300. The first-order valence-electron chi connectivity index (χ1n) is 9.06. The van der Waals surface area contributed by atoms with Gasteiger partial charge < -0.3 is 4.98 Å². The summed E-state index contributed by atoms with van der Waals surface area (Å²) in [5, 5.41) is 2.82. The Morgan fingerprint density at radius 1 is 1.22 bits per heavy atom. The molecule has 7 heteroatoms. The van der Waals surface area contributed by atoms with Gasteiger partial charge in [-0.2, -0.15) is 0 Å². The average molecular weight is 383 g/mol. The molecule has 2 aromatic carbocycles. The number of nitrogens with one attached hydrogen (secondary N) is 2. The fourth-order valence-corrected chi connectivity index (χ4v) is 4.73. The van der Waals surface area contributed by atoms with Crippen LogP contribution < -0.4 is 5.32 Å². The number of nitrogens with zero attached hydrogens (tertiary/aromatic N) is 1. The molecular formula is C20H21N3O3S. The van der Waals surface area contributed by atoms with E-state index in [9.17, 15) is 13.2 Å². The molecule has 1 aromatic heterocycles. The van der Waals surface area contributed by atoms with Gasteiger partial charge in [0.15, 0.2) is 9.84 Å². The number of aromatic amines is 1. The average Bonchev–Trinajstić information content (AvgIpc) is 3.36. The summed E-state index contributed by atoms with van der Waals surface area (Å²) in [7, 11) is -3.30. The van der Waals surface area contributed by atoms with Gasteiger partial charge in [-0.1, -0.05) is 37.3 Å². The van der Waals surface area contributed by atoms with Crippen molar-refractivity contribution in [2.24, 2.45) is 5.92 Å². The zero-order valence-corrected chi connectivity index (χ0v) is 15.8. The number of benzene rings is 2. The third-order valence-corrected chi connectivity index (χ3v) is 6.80. The molecule has 0 radical (unpaired) electrons. The predicted octanol–water partition coefficient (Wildman–Crippen LogP) is 3.49. The molecule has 2 atom stereocenters. The monoisotopic (exact) mass is 383 g/mol. The maximum atomic E-state index is 12.5. The molecule has 140 valence electrons. The van der Waals surface area contributed by atoms with E-state index in [1.807, 2.05) is 37.3 Å². The topological polar surface area (TPSA) is 91.9 Å². The van der Waals surface area contributed by atoms with Gasteiger partial charge in [0.05, 0.1) is 21.7 Å². The van der Waals surface area contributed by atoms with Crippen LogP contribution in [0.2, 0.25) is 0 Å². The fourth-order valence-electron chi connectivity index (χ4n) is 3.39. The van der Waals surface area contributed by atoms with Crippen molar-refractivity contribution in [3.63, 3.8) is 0 Å². The van der Waals surface area contributed by atoms with Crippen LogP contribution in [-0.2, 0) is 14.6 Å². The molecule has 4 rings (SSSR count). The second-order valence-corrected chi connectivity index (χ2v) is 9.04. The standard InChI is InChI=1S/C20H21N3O3S/c1-2-10-27(25,26)14-8-9-17-18(11-14)22-20(21-17)23-19(24)16-12-15(16)13-6-4-3-5-7-13/h3-9,11,15-16H,2,10,12H2,1H3,(H2,21,22,23,24).